The van der Waals surface area contributed by atoms with Crippen molar-refractivity contribution in [2.75, 3.05) is 21.3 Å². The summed E-state index contributed by atoms with van der Waals surface area (Å²) in [6.07, 6.45) is 0. The summed E-state index contributed by atoms with van der Waals surface area (Å²) in [5, 5.41) is 0.485. The molecule has 3 rings (SSSR count). The number of hydrogen-bond donors (Lipinski definition) is 1. The number of hydrogen-bond acceptors (Lipinski definition) is 4. The van der Waals surface area contributed by atoms with Crippen LogP contribution in [-0.4, -0.2) is 26.3 Å². The van der Waals surface area contributed by atoms with Gasteiger partial charge in [0.2, 0.25) is 5.75 Å². The molecule has 5 heteroatoms. The highest BCUT2D eigenvalue weighted by atomic mass is 16.5. The van der Waals surface area contributed by atoms with E-state index in [2.05, 4.69) is 4.98 Å². The number of aromatic amines is 1. The Bertz CT molecular complexity index is 900. The van der Waals surface area contributed by atoms with E-state index in [1.807, 2.05) is 30.3 Å². The average molecular weight is 311 g/mol. The lowest BCUT2D eigenvalue weighted by Crippen LogP contribution is -2.06. The van der Waals surface area contributed by atoms with Crippen LogP contribution in [0.3, 0.4) is 0 Å². The molecule has 0 amide bonds. The lowest BCUT2D eigenvalue weighted by molar-refractivity contribution is 0.327. The van der Waals surface area contributed by atoms with Crippen LogP contribution in [0.1, 0.15) is 0 Å². The van der Waals surface area contributed by atoms with Gasteiger partial charge in [-0.1, -0.05) is 30.3 Å². The summed E-state index contributed by atoms with van der Waals surface area (Å²) >= 11 is 0. The molecule has 1 heterocycles. The highest BCUT2D eigenvalue weighted by Crippen LogP contribution is 2.42. The van der Waals surface area contributed by atoms with Crippen LogP contribution >= 0.6 is 0 Å². The van der Waals surface area contributed by atoms with Crippen LogP contribution in [0.4, 0.5) is 0 Å². The van der Waals surface area contributed by atoms with Crippen molar-refractivity contribution in [2.24, 2.45) is 0 Å². The van der Waals surface area contributed by atoms with E-state index < -0.39 is 0 Å². The molecule has 0 aliphatic heterocycles. The molecule has 0 unspecified atom stereocenters. The van der Waals surface area contributed by atoms with Crippen molar-refractivity contribution < 1.29 is 14.2 Å². The van der Waals surface area contributed by atoms with Crippen LogP contribution in [0.5, 0.6) is 17.2 Å². The maximum absolute atomic E-state index is 12.5. The minimum absolute atomic E-state index is 0.114. The molecular formula is C18H17NO4. The minimum atomic E-state index is -0.114. The van der Waals surface area contributed by atoms with Gasteiger partial charge >= 0.3 is 0 Å². The fourth-order valence-corrected chi connectivity index (χ4v) is 2.63. The Labute approximate surface area is 133 Å². The molecule has 0 aliphatic carbocycles. The zero-order chi connectivity index (χ0) is 16.4. The second-order valence-electron chi connectivity index (χ2n) is 4.98. The van der Waals surface area contributed by atoms with Gasteiger partial charge in [-0.3, -0.25) is 4.79 Å². The first-order valence-corrected chi connectivity index (χ1v) is 7.11. The summed E-state index contributed by atoms with van der Waals surface area (Å²) in [5.41, 5.74) is 2.10. The monoisotopic (exact) mass is 311 g/mol. The zero-order valence-corrected chi connectivity index (χ0v) is 13.2. The Kier molecular flexibility index (Phi) is 3.93. The van der Waals surface area contributed by atoms with Crippen LogP contribution in [-0.2, 0) is 0 Å². The predicted molar refractivity (Wildman–Crippen MR) is 89.7 cm³/mol. The van der Waals surface area contributed by atoms with Gasteiger partial charge in [-0.2, -0.15) is 0 Å². The van der Waals surface area contributed by atoms with Gasteiger partial charge in [0.25, 0.3) is 0 Å². The zero-order valence-electron chi connectivity index (χ0n) is 13.2. The Balaban J connectivity index is 2.37. The minimum Gasteiger partial charge on any atom is -0.493 e. The van der Waals surface area contributed by atoms with Gasteiger partial charge in [0.05, 0.1) is 32.2 Å². The van der Waals surface area contributed by atoms with E-state index in [0.29, 0.717) is 33.8 Å². The number of benzene rings is 2. The van der Waals surface area contributed by atoms with Gasteiger partial charge in [-0.25, -0.2) is 0 Å². The van der Waals surface area contributed by atoms with E-state index in [9.17, 15) is 4.79 Å². The number of ether oxygens (including phenoxy) is 3. The highest BCUT2D eigenvalue weighted by molar-refractivity contribution is 5.91. The van der Waals surface area contributed by atoms with Crippen LogP contribution in [0.25, 0.3) is 22.2 Å². The molecule has 0 saturated heterocycles. The summed E-state index contributed by atoms with van der Waals surface area (Å²) in [5.74, 6) is 1.34. The van der Waals surface area contributed by atoms with E-state index >= 15 is 0 Å². The summed E-state index contributed by atoms with van der Waals surface area (Å²) < 4.78 is 16.1. The first kappa shape index (κ1) is 15.0. The average Bonchev–Trinajstić information content (AvgIpc) is 2.60. The van der Waals surface area contributed by atoms with Gasteiger partial charge in [-0.05, 0) is 11.6 Å². The Hall–Kier alpha value is -2.95. The van der Waals surface area contributed by atoms with Crippen molar-refractivity contribution >= 4 is 10.9 Å². The van der Waals surface area contributed by atoms with Crippen LogP contribution < -0.4 is 19.6 Å². The summed E-state index contributed by atoms with van der Waals surface area (Å²) in [6.45, 7) is 0. The van der Waals surface area contributed by atoms with Crippen molar-refractivity contribution in [1.82, 2.24) is 4.98 Å². The molecule has 0 radical (unpaired) electrons. The third kappa shape index (κ3) is 2.50. The number of fused-ring (bicyclic) bond motifs is 1. The summed E-state index contributed by atoms with van der Waals surface area (Å²) in [4.78, 5) is 15.8. The second-order valence-corrected chi connectivity index (χ2v) is 4.98. The second kappa shape index (κ2) is 6.04. The predicted octanol–water partition coefficient (Wildman–Crippen LogP) is 3.22. The van der Waals surface area contributed by atoms with Gasteiger partial charge < -0.3 is 19.2 Å². The van der Waals surface area contributed by atoms with E-state index in [-0.39, 0.29) is 5.43 Å². The maximum Gasteiger partial charge on any atom is 0.205 e. The van der Waals surface area contributed by atoms with Gasteiger partial charge in [0.1, 0.15) is 0 Å². The Morgan fingerprint density at radius 2 is 1.57 bits per heavy atom. The lowest BCUT2D eigenvalue weighted by Gasteiger charge is -2.15. The lowest BCUT2D eigenvalue weighted by atomic mass is 10.1. The molecule has 0 fully saturated rings. The molecule has 0 aliphatic rings. The van der Waals surface area contributed by atoms with Crippen LogP contribution in [0.2, 0.25) is 0 Å². The van der Waals surface area contributed by atoms with Crippen molar-refractivity contribution in [3.05, 3.63) is 52.7 Å². The molecule has 3 aromatic rings. The molecule has 2 aromatic carbocycles. The number of aromatic nitrogens is 1. The van der Waals surface area contributed by atoms with Crippen molar-refractivity contribution in [3.8, 4) is 28.5 Å². The van der Waals surface area contributed by atoms with Gasteiger partial charge in [-0.15, -0.1) is 0 Å². The number of nitrogens with one attached hydrogen (secondary N) is 1. The molecule has 0 bridgehead atoms. The Morgan fingerprint density at radius 1 is 0.870 bits per heavy atom. The topological polar surface area (TPSA) is 60.6 Å². The van der Waals surface area contributed by atoms with Crippen molar-refractivity contribution in [3.63, 3.8) is 0 Å². The molecule has 0 atom stereocenters. The molecular weight excluding hydrogens is 294 g/mol. The van der Waals surface area contributed by atoms with Gasteiger partial charge in [0, 0.05) is 11.8 Å². The number of H-pyrrole nitrogens is 1. The van der Waals surface area contributed by atoms with E-state index in [4.69, 9.17) is 14.2 Å². The first-order valence-electron chi connectivity index (χ1n) is 7.11. The first-order chi connectivity index (χ1) is 11.2. The number of methoxy groups -OCH3 is 3. The summed E-state index contributed by atoms with van der Waals surface area (Å²) in [6, 6.07) is 12.9. The quantitative estimate of drug-likeness (QED) is 0.803. The smallest absolute Gasteiger partial charge is 0.205 e. The van der Waals surface area contributed by atoms with E-state index in [0.717, 1.165) is 5.56 Å². The largest absolute Gasteiger partial charge is 0.493 e. The number of pyridine rings is 1. The molecule has 0 saturated carbocycles. The van der Waals surface area contributed by atoms with Crippen LogP contribution in [0.15, 0.2) is 47.3 Å². The molecule has 5 nitrogen and oxygen atoms in total. The molecule has 1 aromatic heterocycles. The highest BCUT2D eigenvalue weighted by Gasteiger charge is 2.18. The van der Waals surface area contributed by atoms with E-state index in [1.165, 1.54) is 21.3 Å². The number of rotatable bonds is 4. The van der Waals surface area contributed by atoms with E-state index in [1.54, 1.807) is 12.1 Å². The van der Waals surface area contributed by atoms with Gasteiger partial charge in [0.15, 0.2) is 16.9 Å². The standard InChI is InChI=1S/C18H17NO4/c1-21-15-9-12-14(20)10-13(11-7-5-4-6-8-11)19-16(12)18(23-3)17(15)22-2/h4-10H,1-3H3,(H,19,20). The Morgan fingerprint density at radius 3 is 2.17 bits per heavy atom. The third-order valence-electron chi connectivity index (χ3n) is 3.72. The normalized spacial score (nSPS) is 10.6. The van der Waals surface area contributed by atoms with Crippen LogP contribution in [0, 0.1) is 0 Å². The molecule has 118 valence electrons. The SMILES string of the molecule is COc1cc2c(=O)cc(-c3ccccc3)[nH]c2c(OC)c1OC. The molecule has 1 N–H and O–H groups in total. The van der Waals surface area contributed by atoms with Crippen molar-refractivity contribution in [2.45, 2.75) is 0 Å². The fourth-order valence-electron chi connectivity index (χ4n) is 2.63. The molecule has 0 spiro atoms. The molecule has 23 heavy (non-hydrogen) atoms. The van der Waals surface area contributed by atoms with Crippen molar-refractivity contribution in [1.29, 1.82) is 0 Å². The third-order valence-corrected chi connectivity index (χ3v) is 3.72. The fraction of sp³-hybridized carbons (Fsp3) is 0.167. The maximum atomic E-state index is 12.5. The summed E-state index contributed by atoms with van der Waals surface area (Å²) in [7, 11) is 4.59.